The van der Waals surface area contributed by atoms with Gasteiger partial charge in [-0.25, -0.2) is 13.2 Å². The molecule has 0 fully saturated rings. The van der Waals surface area contributed by atoms with Crippen LogP contribution in [0.15, 0.2) is 48.7 Å². The molecule has 0 aromatic heterocycles. The molecule has 0 saturated heterocycles. The van der Waals surface area contributed by atoms with Crippen LogP contribution in [0.4, 0.5) is 17.1 Å². The minimum atomic E-state index is -3.42. The zero-order valence-electron chi connectivity index (χ0n) is 19.1. The number of esters is 1. The SMILES string of the molecule is CCOC(=O)c1ccc2c(c1)NC(=O)/C2=C\Nc1ccc(N(CCN(C)C)S(C)(=O)=O)cc1. The Hall–Kier alpha value is -3.37. The molecule has 0 bridgehead atoms. The van der Waals surface area contributed by atoms with E-state index in [1.54, 1.807) is 55.6 Å². The van der Waals surface area contributed by atoms with Gasteiger partial charge in [0.25, 0.3) is 5.91 Å². The summed E-state index contributed by atoms with van der Waals surface area (Å²) in [5.41, 5.74) is 3.26. The third kappa shape index (κ3) is 5.91. The van der Waals surface area contributed by atoms with Crippen LogP contribution >= 0.6 is 0 Å². The Balaban J connectivity index is 1.76. The van der Waals surface area contributed by atoms with Crippen molar-refractivity contribution < 1.29 is 22.7 Å². The fraction of sp³-hybridized carbons (Fsp3) is 0.304. The highest BCUT2D eigenvalue weighted by Gasteiger charge is 2.25. The summed E-state index contributed by atoms with van der Waals surface area (Å²) in [5, 5.41) is 5.83. The number of hydrogen-bond acceptors (Lipinski definition) is 7. The first-order valence-electron chi connectivity index (χ1n) is 10.4. The summed E-state index contributed by atoms with van der Waals surface area (Å²) in [6.07, 6.45) is 2.77. The molecule has 1 amide bonds. The molecule has 2 N–H and O–H groups in total. The summed E-state index contributed by atoms with van der Waals surface area (Å²) in [7, 11) is 0.352. The van der Waals surface area contributed by atoms with Crippen molar-refractivity contribution in [1.82, 2.24) is 4.90 Å². The Morgan fingerprint density at radius 1 is 1.12 bits per heavy atom. The lowest BCUT2D eigenvalue weighted by Crippen LogP contribution is -2.35. The predicted octanol–water partition coefficient (Wildman–Crippen LogP) is 2.60. The average molecular weight is 473 g/mol. The molecule has 1 aliphatic rings. The molecule has 2 aromatic carbocycles. The topological polar surface area (TPSA) is 108 Å². The number of sulfonamides is 1. The van der Waals surface area contributed by atoms with Crippen LogP contribution in [-0.4, -0.2) is 65.2 Å². The molecule has 0 radical (unpaired) electrons. The van der Waals surface area contributed by atoms with E-state index in [4.69, 9.17) is 4.74 Å². The van der Waals surface area contributed by atoms with Gasteiger partial charge in [-0.3, -0.25) is 9.10 Å². The molecule has 0 atom stereocenters. The fourth-order valence-corrected chi connectivity index (χ4v) is 4.25. The van der Waals surface area contributed by atoms with Gasteiger partial charge in [-0.1, -0.05) is 6.07 Å². The second-order valence-electron chi connectivity index (χ2n) is 7.82. The molecular weight excluding hydrogens is 444 g/mol. The third-order valence-electron chi connectivity index (χ3n) is 5.00. The monoisotopic (exact) mass is 472 g/mol. The highest BCUT2D eigenvalue weighted by atomic mass is 32.2. The summed E-state index contributed by atoms with van der Waals surface area (Å²) in [6, 6.07) is 11.8. The molecule has 0 unspecified atom stereocenters. The Morgan fingerprint density at radius 2 is 1.82 bits per heavy atom. The maximum absolute atomic E-state index is 12.4. The first kappa shape index (κ1) is 24.3. The van der Waals surface area contributed by atoms with Crippen LogP contribution in [0, 0.1) is 0 Å². The second-order valence-corrected chi connectivity index (χ2v) is 9.73. The van der Waals surface area contributed by atoms with Gasteiger partial charge < -0.3 is 20.3 Å². The molecule has 3 rings (SSSR count). The van der Waals surface area contributed by atoms with Crippen molar-refractivity contribution in [3.05, 3.63) is 59.8 Å². The van der Waals surface area contributed by atoms with E-state index < -0.39 is 16.0 Å². The van der Waals surface area contributed by atoms with Crippen LogP contribution < -0.4 is 14.9 Å². The van der Waals surface area contributed by atoms with E-state index in [1.165, 1.54) is 10.6 Å². The molecule has 176 valence electrons. The van der Waals surface area contributed by atoms with E-state index in [9.17, 15) is 18.0 Å². The van der Waals surface area contributed by atoms with Gasteiger partial charge in [-0.2, -0.15) is 0 Å². The maximum Gasteiger partial charge on any atom is 0.338 e. The Bertz CT molecular complexity index is 1170. The molecule has 0 spiro atoms. The van der Waals surface area contributed by atoms with Gasteiger partial charge in [0.1, 0.15) is 0 Å². The minimum absolute atomic E-state index is 0.272. The van der Waals surface area contributed by atoms with E-state index in [2.05, 4.69) is 10.6 Å². The number of carbonyl (C=O) groups excluding carboxylic acids is 2. The van der Waals surface area contributed by atoms with Crippen molar-refractivity contribution >= 4 is 44.5 Å². The predicted molar refractivity (Wildman–Crippen MR) is 130 cm³/mol. The summed E-state index contributed by atoms with van der Waals surface area (Å²) >= 11 is 0. The van der Waals surface area contributed by atoms with Crippen molar-refractivity contribution in [3.63, 3.8) is 0 Å². The number of fused-ring (bicyclic) bond motifs is 1. The Kier molecular flexibility index (Phi) is 7.39. The maximum atomic E-state index is 12.4. The van der Waals surface area contributed by atoms with Gasteiger partial charge in [0.05, 0.1) is 29.7 Å². The number of benzene rings is 2. The molecule has 0 aliphatic carbocycles. The Morgan fingerprint density at radius 3 is 2.42 bits per heavy atom. The third-order valence-corrected chi connectivity index (χ3v) is 6.20. The number of anilines is 3. The molecule has 0 saturated carbocycles. The summed E-state index contributed by atoms with van der Waals surface area (Å²) in [4.78, 5) is 26.3. The molecule has 33 heavy (non-hydrogen) atoms. The van der Waals surface area contributed by atoms with Crippen LogP contribution in [0.5, 0.6) is 0 Å². The van der Waals surface area contributed by atoms with Crippen molar-refractivity contribution in [2.45, 2.75) is 6.92 Å². The van der Waals surface area contributed by atoms with Gasteiger partial charge in [0, 0.05) is 36.2 Å². The van der Waals surface area contributed by atoms with Crippen LogP contribution in [-0.2, 0) is 19.6 Å². The summed E-state index contributed by atoms with van der Waals surface area (Å²) in [5.74, 6) is -0.735. The molecule has 1 heterocycles. The standard InChI is InChI=1S/C23H28N4O5S/c1-5-32-23(29)16-6-11-19-20(22(28)25-21(19)14-16)15-24-17-7-9-18(10-8-17)27(33(4,30)31)13-12-26(2)3/h6-11,14-15,24H,5,12-13H2,1-4H3,(H,25,28)/b20-15-. The first-order valence-corrected chi connectivity index (χ1v) is 12.3. The lowest BCUT2D eigenvalue weighted by atomic mass is 10.1. The van der Waals surface area contributed by atoms with Crippen molar-refractivity contribution in [2.24, 2.45) is 0 Å². The number of amides is 1. The molecule has 1 aliphatic heterocycles. The molecular formula is C23H28N4O5S. The molecule has 9 nitrogen and oxygen atoms in total. The van der Waals surface area contributed by atoms with Gasteiger partial charge in [0.2, 0.25) is 10.0 Å². The first-order chi connectivity index (χ1) is 15.6. The van der Waals surface area contributed by atoms with Gasteiger partial charge >= 0.3 is 5.97 Å². The lowest BCUT2D eigenvalue weighted by molar-refractivity contribution is -0.110. The lowest BCUT2D eigenvalue weighted by Gasteiger charge is -2.24. The minimum Gasteiger partial charge on any atom is -0.462 e. The second kappa shape index (κ2) is 10.1. The molecule has 2 aromatic rings. The van der Waals surface area contributed by atoms with Crippen molar-refractivity contribution in [3.8, 4) is 0 Å². The largest absolute Gasteiger partial charge is 0.462 e. The number of rotatable bonds is 9. The van der Waals surface area contributed by atoms with Crippen LogP contribution in [0.25, 0.3) is 5.57 Å². The van der Waals surface area contributed by atoms with E-state index in [0.29, 0.717) is 46.9 Å². The quantitative estimate of drug-likeness (QED) is 0.427. The van der Waals surface area contributed by atoms with E-state index >= 15 is 0 Å². The highest BCUT2D eigenvalue weighted by Crippen LogP contribution is 2.33. The van der Waals surface area contributed by atoms with Gasteiger partial charge in [0.15, 0.2) is 0 Å². The number of hydrogen-bond donors (Lipinski definition) is 2. The zero-order valence-corrected chi connectivity index (χ0v) is 19.9. The normalized spacial score (nSPS) is 14.2. The van der Waals surface area contributed by atoms with E-state index in [-0.39, 0.29) is 12.5 Å². The van der Waals surface area contributed by atoms with E-state index in [1.807, 2.05) is 19.0 Å². The van der Waals surface area contributed by atoms with Crippen molar-refractivity contribution in [1.29, 1.82) is 0 Å². The van der Waals surface area contributed by atoms with Crippen LogP contribution in [0.2, 0.25) is 0 Å². The number of carbonyl (C=O) groups is 2. The number of likely N-dealkylation sites (N-methyl/N-ethyl adjacent to an activating group) is 1. The van der Waals surface area contributed by atoms with Gasteiger partial charge in [-0.15, -0.1) is 0 Å². The number of nitrogens with one attached hydrogen (secondary N) is 2. The van der Waals surface area contributed by atoms with Crippen LogP contribution in [0.1, 0.15) is 22.8 Å². The summed E-state index contributed by atoms with van der Waals surface area (Å²) < 4.78 is 30.7. The zero-order chi connectivity index (χ0) is 24.2. The summed E-state index contributed by atoms with van der Waals surface area (Å²) in [6.45, 7) is 2.93. The van der Waals surface area contributed by atoms with Crippen LogP contribution in [0.3, 0.4) is 0 Å². The Labute approximate surface area is 194 Å². The highest BCUT2D eigenvalue weighted by molar-refractivity contribution is 7.92. The average Bonchev–Trinajstić information content (AvgIpc) is 3.06. The smallest absolute Gasteiger partial charge is 0.338 e. The molecule has 10 heteroatoms. The fourth-order valence-electron chi connectivity index (χ4n) is 3.34. The number of ether oxygens (including phenoxy) is 1. The number of nitrogens with zero attached hydrogens (tertiary/aromatic N) is 2. The van der Waals surface area contributed by atoms with E-state index in [0.717, 1.165) is 0 Å². The van der Waals surface area contributed by atoms with Gasteiger partial charge in [-0.05, 0) is 57.4 Å². The van der Waals surface area contributed by atoms with Crippen molar-refractivity contribution in [2.75, 3.05) is 55.0 Å².